The Bertz CT molecular complexity index is 702. The molecule has 1 heterocycles. The highest BCUT2D eigenvalue weighted by Gasteiger charge is 2.16. The van der Waals surface area contributed by atoms with E-state index in [9.17, 15) is 9.59 Å². The first kappa shape index (κ1) is 17.3. The van der Waals surface area contributed by atoms with E-state index in [0.717, 1.165) is 4.88 Å². The first-order valence-electron chi connectivity index (χ1n) is 7.05. The number of halogens is 1. The SMILES string of the molecule is CCN(Cc1ccc(Cl)s1)C(=O)COc1ccccc1C(N)=O. The monoisotopic (exact) mass is 352 g/mol. The predicted molar refractivity (Wildman–Crippen MR) is 90.9 cm³/mol. The Balaban J connectivity index is 1.99. The van der Waals surface area contributed by atoms with Crippen LogP contribution in [0, 0.1) is 0 Å². The van der Waals surface area contributed by atoms with Crippen LogP contribution in [0.1, 0.15) is 22.2 Å². The van der Waals surface area contributed by atoms with Crippen LogP contribution >= 0.6 is 22.9 Å². The Morgan fingerprint density at radius 2 is 2.00 bits per heavy atom. The maximum atomic E-state index is 12.3. The Labute approximate surface area is 143 Å². The van der Waals surface area contributed by atoms with Crippen LogP contribution in [-0.2, 0) is 11.3 Å². The lowest BCUT2D eigenvalue weighted by Gasteiger charge is -2.20. The quantitative estimate of drug-likeness (QED) is 0.832. The number of rotatable bonds is 7. The number of amides is 2. The standard InChI is InChI=1S/C16H17ClN2O3S/c1-2-19(9-11-7-8-14(17)23-11)15(20)10-22-13-6-4-3-5-12(13)16(18)21/h3-8H,2,9-10H2,1H3,(H2,18,21). The Hall–Kier alpha value is -2.05. The molecule has 2 amide bonds. The van der Waals surface area contributed by atoms with Gasteiger partial charge >= 0.3 is 0 Å². The molecule has 0 saturated heterocycles. The van der Waals surface area contributed by atoms with Crippen LogP contribution in [0.4, 0.5) is 0 Å². The van der Waals surface area contributed by atoms with Crippen molar-refractivity contribution >= 4 is 34.8 Å². The molecular formula is C16H17ClN2O3S. The molecule has 0 unspecified atom stereocenters. The first-order valence-corrected chi connectivity index (χ1v) is 8.24. The van der Waals surface area contributed by atoms with E-state index in [1.54, 1.807) is 35.2 Å². The summed E-state index contributed by atoms with van der Waals surface area (Å²) in [5.41, 5.74) is 5.54. The molecule has 23 heavy (non-hydrogen) atoms. The summed E-state index contributed by atoms with van der Waals surface area (Å²) < 4.78 is 6.16. The second-order valence-corrected chi connectivity index (χ2v) is 6.56. The number of carbonyl (C=O) groups excluding carboxylic acids is 2. The molecule has 122 valence electrons. The number of nitrogens with zero attached hydrogens (tertiary/aromatic N) is 1. The Kier molecular flexibility index (Phi) is 6.01. The van der Waals surface area contributed by atoms with E-state index in [1.165, 1.54) is 11.3 Å². The van der Waals surface area contributed by atoms with Crippen LogP contribution < -0.4 is 10.5 Å². The van der Waals surface area contributed by atoms with Crippen molar-refractivity contribution in [3.05, 3.63) is 51.2 Å². The number of thiophene rings is 1. The van der Waals surface area contributed by atoms with Crippen molar-refractivity contribution in [3.63, 3.8) is 0 Å². The van der Waals surface area contributed by atoms with Gasteiger partial charge in [0.05, 0.1) is 16.4 Å². The third-order valence-corrected chi connectivity index (χ3v) is 4.43. The lowest BCUT2D eigenvalue weighted by atomic mass is 10.2. The van der Waals surface area contributed by atoms with Crippen molar-refractivity contribution in [2.75, 3.05) is 13.2 Å². The van der Waals surface area contributed by atoms with Crippen molar-refractivity contribution < 1.29 is 14.3 Å². The Morgan fingerprint density at radius 3 is 2.61 bits per heavy atom. The minimum absolute atomic E-state index is 0.156. The molecule has 2 rings (SSSR count). The number of hydrogen-bond acceptors (Lipinski definition) is 4. The molecule has 0 aliphatic carbocycles. The summed E-state index contributed by atoms with van der Waals surface area (Å²) in [6, 6.07) is 10.3. The van der Waals surface area contributed by atoms with E-state index in [2.05, 4.69) is 0 Å². The van der Waals surface area contributed by atoms with E-state index in [0.29, 0.717) is 23.2 Å². The number of hydrogen-bond donors (Lipinski definition) is 1. The molecule has 0 aliphatic heterocycles. The number of benzene rings is 1. The fraction of sp³-hybridized carbons (Fsp3) is 0.250. The fourth-order valence-electron chi connectivity index (χ4n) is 2.03. The molecule has 0 spiro atoms. The van der Waals surface area contributed by atoms with Gasteiger partial charge < -0.3 is 15.4 Å². The summed E-state index contributed by atoms with van der Waals surface area (Å²) in [7, 11) is 0. The minimum atomic E-state index is -0.589. The number of para-hydroxylation sites is 1. The molecule has 0 atom stereocenters. The summed E-state index contributed by atoms with van der Waals surface area (Å²) >= 11 is 7.34. The van der Waals surface area contributed by atoms with Crippen LogP contribution in [0.5, 0.6) is 5.75 Å². The van der Waals surface area contributed by atoms with E-state index in [4.69, 9.17) is 22.1 Å². The van der Waals surface area contributed by atoms with Gasteiger partial charge in [-0.25, -0.2) is 0 Å². The molecule has 0 radical (unpaired) electrons. The zero-order chi connectivity index (χ0) is 16.8. The largest absolute Gasteiger partial charge is 0.483 e. The number of nitrogens with two attached hydrogens (primary N) is 1. The number of carbonyl (C=O) groups is 2. The predicted octanol–water partition coefficient (Wildman–Crippen LogP) is 2.93. The number of likely N-dealkylation sites (N-methyl/N-ethyl adjacent to an activating group) is 1. The van der Waals surface area contributed by atoms with Gasteiger partial charge in [-0.1, -0.05) is 23.7 Å². The number of primary amides is 1. The van der Waals surface area contributed by atoms with Crippen molar-refractivity contribution in [2.24, 2.45) is 5.73 Å². The van der Waals surface area contributed by atoms with Gasteiger partial charge in [-0.05, 0) is 31.2 Å². The average Bonchev–Trinajstić information content (AvgIpc) is 2.95. The minimum Gasteiger partial charge on any atom is -0.483 e. The molecule has 1 aromatic carbocycles. The van der Waals surface area contributed by atoms with Gasteiger partial charge in [-0.2, -0.15) is 0 Å². The van der Waals surface area contributed by atoms with Gasteiger partial charge in [0.2, 0.25) is 0 Å². The smallest absolute Gasteiger partial charge is 0.260 e. The molecule has 7 heteroatoms. The van der Waals surface area contributed by atoms with Gasteiger partial charge in [0.15, 0.2) is 6.61 Å². The molecule has 0 aliphatic rings. The summed E-state index contributed by atoms with van der Waals surface area (Å²) in [5, 5.41) is 0. The first-order chi connectivity index (χ1) is 11.0. The van der Waals surface area contributed by atoms with Gasteiger partial charge in [-0.15, -0.1) is 11.3 Å². The third-order valence-electron chi connectivity index (χ3n) is 3.21. The van der Waals surface area contributed by atoms with Crippen molar-refractivity contribution in [1.29, 1.82) is 0 Å². The highest BCUT2D eigenvalue weighted by molar-refractivity contribution is 7.16. The van der Waals surface area contributed by atoms with E-state index < -0.39 is 5.91 Å². The van der Waals surface area contributed by atoms with E-state index in [-0.39, 0.29) is 18.1 Å². The normalized spacial score (nSPS) is 10.3. The summed E-state index contributed by atoms with van der Waals surface area (Å²) in [6.07, 6.45) is 0. The maximum absolute atomic E-state index is 12.3. The van der Waals surface area contributed by atoms with Gasteiger partial charge in [-0.3, -0.25) is 9.59 Å². The zero-order valence-corrected chi connectivity index (χ0v) is 14.2. The second-order valence-electron chi connectivity index (χ2n) is 4.76. The fourth-order valence-corrected chi connectivity index (χ4v) is 3.13. The van der Waals surface area contributed by atoms with Crippen molar-refractivity contribution in [1.82, 2.24) is 4.90 Å². The summed E-state index contributed by atoms with van der Waals surface area (Å²) in [6.45, 7) is 2.77. The van der Waals surface area contributed by atoms with Crippen LogP contribution in [0.3, 0.4) is 0 Å². The topological polar surface area (TPSA) is 72.6 Å². The molecule has 2 aromatic rings. The van der Waals surface area contributed by atoms with Crippen LogP contribution in [-0.4, -0.2) is 29.9 Å². The lowest BCUT2D eigenvalue weighted by molar-refractivity contribution is -0.133. The lowest BCUT2D eigenvalue weighted by Crippen LogP contribution is -2.34. The molecule has 2 N–H and O–H groups in total. The molecule has 5 nitrogen and oxygen atoms in total. The molecule has 0 fully saturated rings. The van der Waals surface area contributed by atoms with Gasteiger partial charge in [0, 0.05) is 11.4 Å². The highest BCUT2D eigenvalue weighted by atomic mass is 35.5. The second kappa shape index (κ2) is 7.99. The summed E-state index contributed by atoms with van der Waals surface area (Å²) in [5.74, 6) is -0.450. The zero-order valence-electron chi connectivity index (χ0n) is 12.6. The third kappa shape index (κ3) is 4.71. The van der Waals surface area contributed by atoms with Crippen molar-refractivity contribution in [3.8, 4) is 5.75 Å². The molecule has 1 aromatic heterocycles. The van der Waals surface area contributed by atoms with Crippen LogP contribution in [0.2, 0.25) is 4.34 Å². The highest BCUT2D eigenvalue weighted by Crippen LogP contribution is 2.23. The molecule has 0 saturated carbocycles. The van der Waals surface area contributed by atoms with E-state index in [1.807, 2.05) is 13.0 Å². The van der Waals surface area contributed by atoms with Gasteiger partial charge in [0.25, 0.3) is 11.8 Å². The number of ether oxygens (including phenoxy) is 1. The molecule has 0 bridgehead atoms. The maximum Gasteiger partial charge on any atom is 0.260 e. The van der Waals surface area contributed by atoms with Crippen LogP contribution in [0.25, 0.3) is 0 Å². The van der Waals surface area contributed by atoms with Crippen molar-refractivity contribution in [2.45, 2.75) is 13.5 Å². The van der Waals surface area contributed by atoms with E-state index >= 15 is 0 Å². The van der Waals surface area contributed by atoms with Gasteiger partial charge in [0.1, 0.15) is 5.75 Å². The Morgan fingerprint density at radius 1 is 1.26 bits per heavy atom. The average molecular weight is 353 g/mol. The molecular weight excluding hydrogens is 336 g/mol. The summed E-state index contributed by atoms with van der Waals surface area (Å²) in [4.78, 5) is 26.3. The van der Waals surface area contributed by atoms with Crippen LogP contribution in [0.15, 0.2) is 36.4 Å².